The van der Waals surface area contributed by atoms with E-state index >= 15 is 0 Å². The number of benzene rings is 3. The monoisotopic (exact) mass is 398 g/mol. The Labute approximate surface area is 174 Å². The first-order chi connectivity index (χ1) is 14.2. The van der Waals surface area contributed by atoms with Gasteiger partial charge in [-0.2, -0.15) is 0 Å². The largest absolute Gasteiger partial charge is 0.390 e. The smallest absolute Gasteiger partial charge is 0.196 e. The quantitative estimate of drug-likeness (QED) is 0.476. The van der Waals surface area contributed by atoms with Crippen molar-refractivity contribution in [3.05, 3.63) is 99.9 Å². The summed E-state index contributed by atoms with van der Waals surface area (Å²) in [6.45, 7) is 2.71. The van der Waals surface area contributed by atoms with E-state index in [1.165, 1.54) is 10.4 Å². The number of rotatable bonds is 4. The summed E-state index contributed by atoms with van der Waals surface area (Å²) in [6.07, 6.45) is 0.863. The predicted octanol–water partition coefficient (Wildman–Crippen LogP) is 5.27. The van der Waals surface area contributed by atoms with Crippen molar-refractivity contribution < 1.29 is 4.79 Å². The van der Waals surface area contributed by atoms with E-state index in [1.54, 1.807) is 11.3 Å². The molecule has 0 bridgehead atoms. The minimum Gasteiger partial charge on any atom is -0.390 e. The Bertz CT molecular complexity index is 1190. The van der Waals surface area contributed by atoms with Crippen LogP contribution >= 0.6 is 11.3 Å². The minimum atomic E-state index is 0.0494. The van der Waals surface area contributed by atoms with Crippen molar-refractivity contribution in [2.75, 3.05) is 12.3 Å². The molecular weight excluding hydrogens is 376 g/mol. The molecule has 0 saturated carbocycles. The van der Waals surface area contributed by atoms with Gasteiger partial charge in [-0.25, -0.2) is 0 Å². The standard InChI is InChI=1S/C25H22N2OS/c26-25-23(24(28)20-12-6-10-18-9-4-5-11-19(18)20)21-13-14-27(16-22(21)29-25)15-17-7-2-1-3-8-17/h1-12H,13-16,26H2. The Morgan fingerprint density at radius 3 is 2.59 bits per heavy atom. The van der Waals surface area contributed by atoms with Crippen LogP contribution in [0.3, 0.4) is 0 Å². The molecule has 0 spiro atoms. The number of carbonyl (C=O) groups excluding carboxylic acids is 1. The molecule has 1 aliphatic rings. The third-order valence-corrected chi connectivity index (χ3v) is 6.72. The van der Waals surface area contributed by atoms with Gasteiger partial charge >= 0.3 is 0 Å². The molecule has 4 aromatic rings. The molecule has 3 nitrogen and oxygen atoms in total. The molecule has 29 heavy (non-hydrogen) atoms. The molecule has 144 valence electrons. The van der Waals surface area contributed by atoms with Gasteiger partial charge in [0.15, 0.2) is 5.78 Å². The first-order valence-corrected chi connectivity index (χ1v) is 10.7. The average Bonchev–Trinajstić information content (AvgIpc) is 3.08. The molecular formula is C25H22N2OS. The number of carbonyl (C=O) groups is 1. The molecule has 5 rings (SSSR count). The van der Waals surface area contributed by atoms with Crippen LogP contribution in [0.5, 0.6) is 0 Å². The van der Waals surface area contributed by atoms with Crippen LogP contribution in [0.1, 0.15) is 31.9 Å². The van der Waals surface area contributed by atoms with Crippen LogP contribution < -0.4 is 5.73 Å². The summed E-state index contributed by atoms with van der Waals surface area (Å²) in [4.78, 5) is 17.2. The molecule has 1 aliphatic heterocycles. The maximum absolute atomic E-state index is 13.5. The van der Waals surface area contributed by atoms with E-state index < -0.39 is 0 Å². The molecule has 2 heterocycles. The fraction of sp³-hybridized carbons (Fsp3) is 0.160. The van der Waals surface area contributed by atoms with Crippen molar-refractivity contribution in [2.45, 2.75) is 19.5 Å². The highest BCUT2D eigenvalue weighted by atomic mass is 32.1. The molecule has 1 aromatic heterocycles. The van der Waals surface area contributed by atoms with Gasteiger partial charge in [0, 0.05) is 30.1 Å². The van der Waals surface area contributed by atoms with E-state index in [0.29, 0.717) is 5.00 Å². The first kappa shape index (κ1) is 18.1. The molecule has 4 heteroatoms. The van der Waals surface area contributed by atoms with Gasteiger partial charge in [0.05, 0.1) is 10.6 Å². The van der Waals surface area contributed by atoms with Crippen LogP contribution in [0.25, 0.3) is 10.8 Å². The summed E-state index contributed by atoms with van der Waals surface area (Å²) in [7, 11) is 0. The Kier molecular flexibility index (Phi) is 4.66. The highest BCUT2D eigenvalue weighted by Gasteiger charge is 2.28. The van der Waals surface area contributed by atoms with Crippen molar-refractivity contribution in [3.63, 3.8) is 0 Å². The Hall–Kier alpha value is -2.95. The fourth-order valence-corrected chi connectivity index (χ4v) is 5.42. The van der Waals surface area contributed by atoms with Gasteiger partial charge in [0.1, 0.15) is 0 Å². The van der Waals surface area contributed by atoms with E-state index in [4.69, 9.17) is 5.73 Å². The van der Waals surface area contributed by atoms with E-state index in [9.17, 15) is 4.79 Å². The zero-order chi connectivity index (χ0) is 19.8. The van der Waals surface area contributed by atoms with Gasteiger partial charge in [-0.15, -0.1) is 11.3 Å². The fourth-order valence-electron chi connectivity index (χ4n) is 4.26. The third kappa shape index (κ3) is 3.35. The first-order valence-electron chi connectivity index (χ1n) is 9.89. The maximum atomic E-state index is 13.5. The number of hydrogen-bond donors (Lipinski definition) is 1. The van der Waals surface area contributed by atoms with Crippen molar-refractivity contribution in [1.29, 1.82) is 0 Å². The zero-order valence-electron chi connectivity index (χ0n) is 16.1. The van der Waals surface area contributed by atoms with Crippen molar-refractivity contribution in [2.24, 2.45) is 0 Å². The number of thiophene rings is 1. The summed E-state index contributed by atoms with van der Waals surface area (Å²) in [5, 5.41) is 2.71. The van der Waals surface area contributed by atoms with E-state index in [2.05, 4.69) is 29.2 Å². The van der Waals surface area contributed by atoms with Gasteiger partial charge in [-0.05, 0) is 28.3 Å². The number of hydrogen-bond acceptors (Lipinski definition) is 4. The van der Waals surface area contributed by atoms with Crippen LogP contribution in [0.15, 0.2) is 72.8 Å². The highest BCUT2D eigenvalue weighted by molar-refractivity contribution is 7.16. The van der Waals surface area contributed by atoms with Crippen molar-refractivity contribution in [1.82, 2.24) is 4.90 Å². The lowest BCUT2D eigenvalue weighted by Crippen LogP contribution is -2.29. The predicted molar refractivity (Wildman–Crippen MR) is 120 cm³/mol. The van der Waals surface area contributed by atoms with Gasteiger partial charge in [0.2, 0.25) is 0 Å². The number of nitrogens with zero attached hydrogens (tertiary/aromatic N) is 1. The van der Waals surface area contributed by atoms with Gasteiger partial charge < -0.3 is 5.73 Å². The van der Waals surface area contributed by atoms with Crippen LogP contribution in [0, 0.1) is 0 Å². The lowest BCUT2D eigenvalue weighted by Gasteiger charge is -2.27. The average molecular weight is 399 g/mol. The van der Waals surface area contributed by atoms with E-state index in [-0.39, 0.29) is 5.78 Å². The Balaban J connectivity index is 1.47. The van der Waals surface area contributed by atoms with Crippen LogP contribution in [-0.4, -0.2) is 17.2 Å². The molecule has 3 aromatic carbocycles. The van der Waals surface area contributed by atoms with Crippen molar-refractivity contribution in [3.8, 4) is 0 Å². The second-order valence-electron chi connectivity index (χ2n) is 7.55. The Morgan fingerprint density at radius 2 is 1.72 bits per heavy atom. The number of fused-ring (bicyclic) bond motifs is 2. The molecule has 0 fully saturated rings. The molecule has 0 saturated heterocycles. The van der Waals surface area contributed by atoms with E-state index in [1.807, 2.05) is 48.5 Å². The SMILES string of the molecule is Nc1sc2c(c1C(=O)c1cccc3ccccc13)CCN(Cc1ccccc1)C2. The van der Waals surface area contributed by atoms with Gasteiger partial charge in [0.25, 0.3) is 0 Å². The normalized spacial score (nSPS) is 14.1. The summed E-state index contributed by atoms with van der Waals surface area (Å²) in [6, 6.07) is 24.5. The molecule has 0 unspecified atom stereocenters. The summed E-state index contributed by atoms with van der Waals surface area (Å²) < 4.78 is 0. The second kappa shape index (κ2) is 7.47. The molecule has 2 N–H and O–H groups in total. The van der Waals surface area contributed by atoms with Crippen molar-refractivity contribution >= 4 is 32.9 Å². The summed E-state index contributed by atoms with van der Waals surface area (Å²) in [5.41, 5.74) is 10.3. The number of anilines is 1. The molecule has 0 radical (unpaired) electrons. The van der Waals surface area contributed by atoms with Crippen LogP contribution in [-0.2, 0) is 19.5 Å². The number of nitrogen functional groups attached to an aromatic ring is 1. The lowest BCUT2D eigenvalue weighted by atomic mass is 9.93. The summed E-state index contributed by atoms with van der Waals surface area (Å²) in [5.74, 6) is 0.0494. The lowest BCUT2D eigenvalue weighted by molar-refractivity contribution is 0.103. The molecule has 0 amide bonds. The zero-order valence-corrected chi connectivity index (χ0v) is 16.9. The van der Waals surface area contributed by atoms with Crippen LogP contribution in [0.2, 0.25) is 0 Å². The third-order valence-electron chi connectivity index (χ3n) is 5.67. The van der Waals surface area contributed by atoms with Crippen LogP contribution in [0.4, 0.5) is 5.00 Å². The van der Waals surface area contributed by atoms with Gasteiger partial charge in [-0.1, -0.05) is 72.8 Å². The molecule has 0 aliphatic carbocycles. The maximum Gasteiger partial charge on any atom is 0.196 e. The molecule has 0 atom stereocenters. The van der Waals surface area contributed by atoms with Gasteiger partial charge in [-0.3, -0.25) is 9.69 Å². The second-order valence-corrected chi connectivity index (χ2v) is 8.68. The topological polar surface area (TPSA) is 46.3 Å². The number of ketones is 1. The summed E-state index contributed by atoms with van der Waals surface area (Å²) >= 11 is 1.57. The number of nitrogens with two attached hydrogens (primary N) is 1. The highest BCUT2D eigenvalue weighted by Crippen LogP contribution is 2.37. The minimum absolute atomic E-state index is 0.0494. The Morgan fingerprint density at radius 1 is 0.966 bits per heavy atom. The van der Waals surface area contributed by atoms with E-state index in [0.717, 1.165) is 53.5 Å².